The summed E-state index contributed by atoms with van der Waals surface area (Å²) in [6.45, 7) is 3.27. The maximum absolute atomic E-state index is 4.93. The lowest BCUT2D eigenvalue weighted by atomic mass is 10.0. The number of guanidine groups is 1. The Morgan fingerprint density at radius 1 is 1.29 bits per heavy atom. The number of nitrogens with one attached hydrogen (secondary N) is 2. The zero-order chi connectivity index (χ0) is 14.9. The SMILES string of the molecule is CN=C(NCCCCC1CCCC1)NCc1noc(C)n1. The van der Waals surface area contributed by atoms with Gasteiger partial charge in [0.2, 0.25) is 5.89 Å². The van der Waals surface area contributed by atoms with Crippen LogP contribution < -0.4 is 10.6 Å². The molecule has 1 aromatic heterocycles. The average molecular weight is 293 g/mol. The molecule has 1 heterocycles. The molecule has 0 radical (unpaired) electrons. The van der Waals surface area contributed by atoms with Gasteiger partial charge in [-0.15, -0.1) is 0 Å². The van der Waals surface area contributed by atoms with E-state index in [4.69, 9.17) is 4.52 Å². The van der Waals surface area contributed by atoms with E-state index in [0.717, 1.165) is 18.4 Å². The number of hydrogen-bond donors (Lipinski definition) is 2. The van der Waals surface area contributed by atoms with Crippen LogP contribution in [0.25, 0.3) is 0 Å². The van der Waals surface area contributed by atoms with Crippen LogP contribution in [0, 0.1) is 12.8 Å². The second-order valence-corrected chi connectivity index (χ2v) is 5.73. The van der Waals surface area contributed by atoms with Gasteiger partial charge >= 0.3 is 0 Å². The van der Waals surface area contributed by atoms with E-state index in [-0.39, 0.29) is 0 Å². The lowest BCUT2D eigenvalue weighted by Crippen LogP contribution is -2.37. The Morgan fingerprint density at radius 2 is 2.10 bits per heavy atom. The summed E-state index contributed by atoms with van der Waals surface area (Å²) in [5, 5.41) is 10.4. The van der Waals surface area contributed by atoms with Gasteiger partial charge in [0, 0.05) is 20.5 Å². The van der Waals surface area contributed by atoms with Crippen LogP contribution in [0.3, 0.4) is 0 Å². The second-order valence-electron chi connectivity index (χ2n) is 5.73. The molecule has 1 fully saturated rings. The van der Waals surface area contributed by atoms with E-state index in [1.807, 2.05) is 0 Å². The lowest BCUT2D eigenvalue weighted by Gasteiger charge is -2.11. The normalized spacial score (nSPS) is 16.4. The Hall–Kier alpha value is -1.59. The number of unbranched alkanes of at least 4 members (excludes halogenated alkanes) is 1. The first-order chi connectivity index (χ1) is 10.3. The molecular formula is C15H27N5O. The second kappa shape index (κ2) is 8.64. The molecule has 1 saturated carbocycles. The molecule has 2 N–H and O–H groups in total. The zero-order valence-electron chi connectivity index (χ0n) is 13.2. The van der Waals surface area contributed by atoms with Crippen molar-refractivity contribution in [3.05, 3.63) is 11.7 Å². The molecular weight excluding hydrogens is 266 g/mol. The monoisotopic (exact) mass is 293 g/mol. The Balaban J connectivity index is 1.55. The molecule has 1 aliphatic rings. The van der Waals surface area contributed by atoms with Gasteiger partial charge in [0.25, 0.3) is 0 Å². The first kappa shape index (κ1) is 15.8. The Kier molecular flexibility index (Phi) is 6.50. The van der Waals surface area contributed by atoms with Gasteiger partial charge in [-0.2, -0.15) is 4.98 Å². The van der Waals surface area contributed by atoms with E-state index in [2.05, 4.69) is 25.8 Å². The first-order valence-electron chi connectivity index (χ1n) is 8.01. The fraction of sp³-hybridized carbons (Fsp3) is 0.800. The van der Waals surface area contributed by atoms with Crippen molar-refractivity contribution in [3.8, 4) is 0 Å². The van der Waals surface area contributed by atoms with Gasteiger partial charge in [-0.3, -0.25) is 4.99 Å². The molecule has 1 aromatic rings. The molecule has 6 heteroatoms. The van der Waals surface area contributed by atoms with E-state index in [1.54, 1.807) is 14.0 Å². The molecule has 0 bridgehead atoms. The summed E-state index contributed by atoms with van der Waals surface area (Å²) < 4.78 is 4.93. The molecule has 0 unspecified atom stereocenters. The van der Waals surface area contributed by atoms with Crippen LogP contribution in [0.4, 0.5) is 0 Å². The van der Waals surface area contributed by atoms with Crippen LogP contribution >= 0.6 is 0 Å². The zero-order valence-corrected chi connectivity index (χ0v) is 13.2. The van der Waals surface area contributed by atoms with E-state index >= 15 is 0 Å². The summed E-state index contributed by atoms with van der Waals surface area (Å²) in [6, 6.07) is 0. The van der Waals surface area contributed by atoms with E-state index in [0.29, 0.717) is 18.3 Å². The van der Waals surface area contributed by atoms with Crippen molar-refractivity contribution in [2.75, 3.05) is 13.6 Å². The first-order valence-corrected chi connectivity index (χ1v) is 8.01. The quantitative estimate of drug-likeness (QED) is 0.459. The highest BCUT2D eigenvalue weighted by Gasteiger charge is 2.13. The Bertz CT molecular complexity index is 437. The van der Waals surface area contributed by atoms with Gasteiger partial charge in [-0.25, -0.2) is 0 Å². The van der Waals surface area contributed by atoms with Gasteiger partial charge in [0.05, 0.1) is 6.54 Å². The van der Waals surface area contributed by atoms with Crippen molar-refractivity contribution >= 4 is 5.96 Å². The van der Waals surface area contributed by atoms with Crippen LogP contribution in [0.2, 0.25) is 0 Å². The molecule has 0 aliphatic heterocycles. The largest absolute Gasteiger partial charge is 0.356 e. The number of rotatable bonds is 7. The highest BCUT2D eigenvalue weighted by atomic mass is 16.5. The van der Waals surface area contributed by atoms with Crippen molar-refractivity contribution < 1.29 is 4.52 Å². The summed E-state index contributed by atoms with van der Waals surface area (Å²) in [6.07, 6.45) is 9.65. The third kappa shape index (κ3) is 5.73. The molecule has 6 nitrogen and oxygen atoms in total. The molecule has 0 amide bonds. The fourth-order valence-corrected chi connectivity index (χ4v) is 2.86. The van der Waals surface area contributed by atoms with Gasteiger partial charge in [0.1, 0.15) is 0 Å². The number of aliphatic imine (C=N–C) groups is 1. The maximum atomic E-state index is 4.93. The molecule has 21 heavy (non-hydrogen) atoms. The molecule has 0 spiro atoms. The number of hydrogen-bond acceptors (Lipinski definition) is 4. The van der Waals surface area contributed by atoms with Crippen molar-refractivity contribution in [3.63, 3.8) is 0 Å². The molecule has 1 aliphatic carbocycles. The van der Waals surface area contributed by atoms with Crippen molar-refractivity contribution in [2.45, 2.75) is 58.4 Å². The maximum Gasteiger partial charge on any atom is 0.223 e. The molecule has 0 atom stereocenters. The minimum atomic E-state index is 0.527. The van der Waals surface area contributed by atoms with Crippen molar-refractivity contribution in [1.82, 2.24) is 20.8 Å². The lowest BCUT2D eigenvalue weighted by molar-refractivity contribution is 0.386. The van der Waals surface area contributed by atoms with Crippen LogP contribution in [-0.2, 0) is 6.54 Å². The number of aromatic nitrogens is 2. The van der Waals surface area contributed by atoms with Crippen molar-refractivity contribution in [2.24, 2.45) is 10.9 Å². The summed E-state index contributed by atoms with van der Waals surface area (Å²) in [5.74, 6) is 3.01. The molecule has 0 aromatic carbocycles. The van der Waals surface area contributed by atoms with Gasteiger partial charge < -0.3 is 15.2 Å². The summed E-state index contributed by atoms with van der Waals surface area (Å²) in [5.41, 5.74) is 0. The number of aryl methyl sites for hydroxylation is 1. The Labute approximate surface area is 126 Å². The van der Waals surface area contributed by atoms with Gasteiger partial charge in [0.15, 0.2) is 11.8 Å². The van der Waals surface area contributed by atoms with Crippen LogP contribution in [0.15, 0.2) is 9.52 Å². The summed E-state index contributed by atoms with van der Waals surface area (Å²) in [7, 11) is 1.77. The minimum absolute atomic E-state index is 0.527. The van der Waals surface area contributed by atoms with Gasteiger partial charge in [-0.1, -0.05) is 43.7 Å². The summed E-state index contributed by atoms with van der Waals surface area (Å²) in [4.78, 5) is 8.34. The third-order valence-corrected chi connectivity index (χ3v) is 4.01. The van der Waals surface area contributed by atoms with Crippen LogP contribution in [-0.4, -0.2) is 29.7 Å². The van der Waals surface area contributed by atoms with Crippen molar-refractivity contribution in [1.29, 1.82) is 0 Å². The molecule has 118 valence electrons. The van der Waals surface area contributed by atoms with Crippen LogP contribution in [0.1, 0.15) is 56.7 Å². The highest BCUT2D eigenvalue weighted by Crippen LogP contribution is 2.28. The molecule has 2 rings (SSSR count). The van der Waals surface area contributed by atoms with Gasteiger partial charge in [-0.05, 0) is 12.3 Å². The minimum Gasteiger partial charge on any atom is -0.356 e. The van der Waals surface area contributed by atoms with E-state index in [9.17, 15) is 0 Å². The summed E-state index contributed by atoms with van der Waals surface area (Å²) >= 11 is 0. The predicted octanol–water partition coefficient (Wildman–Crippen LogP) is 2.40. The third-order valence-electron chi connectivity index (χ3n) is 4.01. The topological polar surface area (TPSA) is 75.3 Å². The predicted molar refractivity (Wildman–Crippen MR) is 83.0 cm³/mol. The average Bonchev–Trinajstić information content (AvgIpc) is 3.13. The van der Waals surface area contributed by atoms with E-state index < -0.39 is 0 Å². The fourth-order valence-electron chi connectivity index (χ4n) is 2.86. The standard InChI is InChI=1S/C15H27N5O/c1-12-19-14(20-21-12)11-18-15(16-2)17-10-6-5-9-13-7-3-4-8-13/h13H,3-11H2,1-2H3,(H2,16,17,18). The van der Waals surface area contributed by atoms with E-state index in [1.165, 1.54) is 44.9 Å². The molecule has 0 saturated heterocycles. The Morgan fingerprint density at radius 3 is 2.76 bits per heavy atom. The number of nitrogens with zero attached hydrogens (tertiary/aromatic N) is 3. The van der Waals surface area contributed by atoms with Crippen LogP contribution in [0.5, 0.6) is 0 Å². The smallest absolute Gasteiger partial charge is 0.223 e. The highest BCUT2D eigenvalue weighted by molar-refractivity contribution is 5.79.